The van der Waals surface area contributed by atoms with E-state index >= 15 is 0 Å². The van der Waals surface area contributed by atoms with Crippen LogP contribution in [0.3, 0.4) is 0 Å². The summed E-state index contributed by atoms with van der Waals surface area (Å²) < 4.78 is 27.2. The first-order valence-corrected chi connectivity index (χ1v) is 7.93. The molecule has 2 aromatic rings. The van der Waals surface area contributed by atoms with Crippen molar-refractivity contribution in [3.63, 3.8) is 0 Å². The molecule has 1 atom stereocenters. The van der Waals surface area contributed by atoms with Gasteiger partial charge in [-0.25, -0.2) is 18.1 Å². The molecule has 0 spiro atoms. The largest absolute Gasteiger partial charge is 0.399 e. The molecule has 0 fully saturated rings. The lowest BCUT2D eigenvalue weighted by Gasteiger charge is -2.26. The molecule has 4 N–H and O–H groups in total. The number of nitrogen functional groups attached to an aromatic ring is 1. The summed E-state index contributed by atoms with van der Waals surface area (Å²) in [4.78, 5) is 6.36. The highest BCUT2D eigenvalue weighted by molar-refractivity contribution is 7.89. The summed E-state index contributed by atoms with van der Waals surface area (Å²) in [6, 6.07) is 5.42. The van der Waals surface area contributed by atoms with Gasteiger partial charge < -0.3 is 10.7 Å². The lowest BCUT2D eigenvalue weighted by atomic mass is 9.88. The Bertz CT molecular complexity index is 710. The molecule has 1 aromatic carbocycles. The molecule has 0 saturated carbocycles. The molecule has 0 saturated heterocycles. The van der Waals surface area contributed by atoms with E-state index in [1.54, 1.807) is 0 Å². The third-order valence-corrected chi connectivity index (χ3v) is 4.94. The monoisotopic (exact) mass is 292 g/mol. The molecule has 1 heterocycles. The van der Waals surface area contributed by atoms with Gasteiger partial charge in [0.05, 0.1) is 12.5 Å². The number of hydrogen-bond acceptors (Lipinski definition) is 4. The fourth-order valence-corrected chi connectivity index (χ4v) is 3.75. The van der Waals surface area contributed by atoms with Crippen molar-refractivity contribution >= 4 is 15.7 Å². The maximum Gasteiger partial charge on any atom is 0.258 e. The Labute approximate surface area is 117 Å². The van der Waals surface area contributed by atoms with Crippen LogP contribution in [0.15, 0.2) is 35.7 Å². The second kappa shape index (κ2) is 4.92. The van der Waals surface area contributed by atoms with E-state index in [4.69, 9.17) is 5.73 Å². The van der Waals surface area contributed by atoms with Gasteiger partial charge in [-0.15, -0.1) is 0 Å². The fourth-order valence-electron chi connectivity index (χ4n) is 2.60. The molecular weight excluding hydrogens is 276 g/mol. The standard InChI is InChI=1S/C13H16N4O2S/c14-10-4-5-11-9(6-10)2-1-3-12(11)17-20(18,19)13-7-15-8-16-13/h4-8,12,17H,1-3,14H2,(H,15,16). The molecule has 0 amide bonds. The molecule has 20 heavy (non-hydrogen) atoms. The van der Waals surface area contributed by atoms with E-state index in [1.165, 1.54) is 12.5 Å². The van der Waals surface area contributed by atoms with E-state index < -0.39 is 10.0 Å². The number of H-pyrrole nitrogens is 1. The fraction of sp³-hybridized carbons (Fsp3) is 0.308. The lowest BCUT2D eigenvalue weighted by Crippen LogP contribution is -2.31. The van der Waals surface area contributed by atoms with Gasteiger partial charge in [0.1, 0.15) is 0 Å². The smallest absolute Gasteiger partial charge is 0.258 e. The number of sulfonamides is 1. The van der Waals surface area contributed by atoms with Crippen LogP contribution in [0.5, 0.6) is 0 Å². The van der Waals surface area contributed by atoms with Gasteiger partial charge in [0.25, 0.3) is 10.0 Å². The molecule has 1 unspecified atom stereocenters. The highest BCUT2D eigenvalue weighted by Gasteiger charge is 2.26. The van der Waals surface area contributed by atoms with Crippen molar-refractivity contribution in [3.8, 4) is 0 Å². The van der Waals surface area contributed by atoms with Gasteiger partial charge in [-0.3, -0.25) is 0 Å². The number of aromatic amines is 1. The SMILES string of the molecule is Nc1ccc2c(c1)CCCC2NS(=O)(=O)c1cnc[nH]1. The first-order chi connectivity index (χ1) is 9.56. The zero-order chi connectivity index (χ0) is 14.2. The van der Waals surface area contributed by atoms with E-state index in [9.17, 15) is 8.42 Å². The number of nitrogens with zero attached hydrogens (tertiary/aromatic N) is 1. The van der Waals surface area contributed by atoms with Crippen LogP contribution >= 0.6 is 0 Å². The molecule has 106 valence electrons. The van der Waals surface area contributed by atoms with Crippen molar-refractivity contribution in [1.82, 2.24) is 14.7 Å². The second-order valence-electron chi connectivity index (χ2n) is 4.94. The Balaban J connectivity index is 1.90. The number of imidazole rings is 1. The van der Waals surface area contributed by atoms with E-state index in [0.29, 0.717) is 5.69 Å². The first-order valence-electron chi connectivity index (χ1n) is 6.45. The van der Waals surface area contributed by atoms with E-state index in [1.807, 2.05) is 18.2 Å². The molecule has 3 rings (SSSR count). The minimum Gasteiger partial charge on any atom is -0.399 e. The molecule has 7 heteroatoms. The van der Waals surface area contributed by atoms with Crippen molar-refractivity contribution in [3.05, 3.63) is 41.9 Å². The quantitative estimate of drug-likeness (QED) is 0.743. The highest BCUT2D eigenvalue weighted by atomic mass is 32.2. The number of fused-ring (bicyclic) bond motifs is 1. The van der Waals surface area contributed by atoms with E-state index in [-0.39, 0.29) is 11.1 Å². The summed E-state index contributed by atoms with van der Waals surface area (Å²) in [6.45, 7) is 0. The van der Waals surface area contributed by atoms with Gasteiger partial charge in [0.15, 0.2) is 5.03 Å². The Morgan fingerprint density at radius 1 is 1.40 bits per heavy atom. The molecule has 1 aromatic heterocycles. The summed E-state index contributed by atoms with van der Waals surface area (Å²) in [5.41, 5.74) is 8.62. The zero-order valence-electron chi connectivity index (χ0n) is 10.8. The zero-order valence-corrected chi connectivity index (χ0v) is 11.7. The van der Waals surface area contributed by atoms with E-state index in [0.717, 1.165) is 30.4 Å². The van der Waals surface area contributed by atoms with Crippen LogP contribution in [0.1, 0.15) is 30.0 Å². The Hall–Kier alpha value is -1.86. The maximum absolute atomic E-state index is 12.2. The number of hydrogen-bond donors (Lipinski definition) is 3. The molecule has 1 aliphatic carbocycles. The number of anilines is 1. The summed E-state index contributed by atoms with van der Waals surface area (Å²) in [6.07, 6.45) is 5.30. The topological polar surface area (TPSA) is 101 Å². The molecule has 1 aliphatic rings. The van der Waals surface area contributed by atoms with Crippen molar-refractivity contribution in [2.24, 2.45) is 0 Å². The third kappa shape index (κ3) is 2.41. The average molecular weight is 292 g/mol. The van der Waals surface area contributed by atoms with Gasteiger partial charge in [-0.1, -0.05) is 6.07 Å². The highest BCUT2D eigenvalue weighted by Crippen LogP contribution is 2.31. The number of nitrogens with one attached hydrogen (secondary N) is 2. The number of rotatable bonds is 3. The van der Waals surface area contributed by atoms with Crippen LogP contribution in [0, 0.1) is 0 Å². The minimum absolute atomic E-state index is 0.0834. The predicted octanol–water partition coefficient (Wildman–Crippen LogP) is 1.35. The predicted molar refractivity (Wildman–Crippen MR) is 75.4 cm³/mol. The molecule has 0 radical (unpaired) electrons. The van der Waals surface area contributed by atoms with Crippen LogP contribution in [-0.4, -0.2) is 18.4 Å². The number of aromatic nitrogens is 2. The normalized spacial score (nSPS) is 18.7. The van der Waals surface area contributed by atoms with Crippen molar-refractivity contribution in [1.29, 1.82) is 0 Å². The van der Waals surface area contributed by atoms with Crippen LogP contribution < -0.4 is 10.5 Å². The van der Waals surface area contributed by atoms with Crippen molar-refractivity contribution in [2.75, 3.05) is 5.73 Å². The summed E-state index contributed by atoms with van der Waals surface area (Å²) >= 11 is 0. The van der Waals surface area contributed by atoms with Gasteiger partial charge >= 0.3 is 0 Å². The third-order valence-electron chi connectivity index (χ3n) is 3.54. The van der Waals surface area contributed by atoms with Crippen molar-refractivity contribution in [2.45, 2.75) is 30.3 Å². The number of aryl methyl sites for hydroxylation is 1. The van der Waals surface area contributed by atoms with Crippen LogP contribution in [-0.2, 0) is 16.4 Å². The maximum atomic E-state index is 12.2. The molecule has 0 aliphatic heterocycles. The Kier molecular flexibility index (Phi) is 3.23. The van der Waals surface area contributed by atoms with Crippen LogP contribution in [0.25, 0.3) is 0 Å². The van der Waals surface area contributed by atoms with Crippen molar-refractivity contribution < 1.29 is 8.42 Å². The van der Waals surface area contributed by atoms with Gasteiger partial charge in [-0.2, -0.15) is 0 Å². The van der Waals surface area contributed by atoms with E-state index in [2.05, 4.69) is 14.7 Å². The van der Waals surface area contributed by atoms with Crippen LogP contribution in [0.4, 0.5) is 5.69 Å². The van der Waals surface area contributed by atoms with Gasteiger partial charge in [0, 0.05) is 11.7 Å². The second-order valence-corrected chi connectivity index (χ2v) is 6.62. The summed E-state index contributed by atoms with van der Waals surface area (Å²) in [7, 11) is -3.57. The lowest BCUT2D eigenvalue weighted by molar-refractivity contribution is 0.506. The molecule has 0 bridgehead atoms. The minimum atomic E-state index is -3.57. The van der Waals surface area contributed by atoms with Crippen LogP contribution in [0.2, 0.25) is 0 Å². The van der Waals surface area contributed by atoms with Gasteiger partial charge in [0.2, 0.25) is 0 Å². The average Bonchev–Trinajstić information content (AvgIpc) is 2.93. The summed E-state index contributed by atoms with van der Waals surface area (Å²) in [5.74, 6) is 0. The molecular formula is C13H16N4O2S. The summed E-state index contributed by atoms with van der Waals surface area (Å²) in [5, 5.41) is 0.0834. The number of nitrogens with two attached hydrogens (primary N) is 1. The number of benzene rings is 1. The molecule has 6 nitrogen and oxygen atoms in total. The Morgan fingerprint density at radius 2 is 2.25 bits per heavy atom. The first kappa shape index (κ1) is 13.1. The van der Waals surface area contributed by atoms with Gasteiger partial charge in [-0.05, 0) is 42.5 Å². The Morgan fingerprint density at radius 3 is 3.00 bits per heavy atom.